The van der Waals surface area contributed by atoms with E-state index < -0.39 is 0 Å². The quantitative estimate of drug-likeness (QED) is 0.827. The van der Waals surface area contributed by atoms with Crippen molar-refractivity contribution in [2.24, 2.45) is 11.7 Å². The summed E-state index contributed by atoms with van der Waals surface area (Å²) >= 11 is 0. The molecule has 0 saturated carbocycles. The second-order valence-corrected chi connectivity index (χ2v) is 5.36. The van der Waals surface area contributed by atoms with Crippen LogP contribution >= 0.6 is 0 Å². The molecular weight excluding hydrogens is 252 g/mol. The molecule has 0 bridgehead atoms. The minimum atomic E-state index is -0.166. The van der Waals surface area contributed by atoms with Crippen LogP contribution in [0.4, 0.5) is 0 Å². The Morgan fingerprint density at radius 3 is 2.80 bits per heavy atom. The first-order chi connectivity index (χ1) is 9.79. The highest BCUT2D eigenvalue weighted by Gasteiger charge is 2.20. The normalized spacial score (nSPS) is 20.4. The molecule has 3 N–H and O–H groups in total. The van der Waals surface area contributed by atoms with Gasteiger partial charge in [0.25, 0.3) is 0 Å². The Morgan fingerprint density at radius 1 is 1.35 bits per heavy atom. The zero-order valence-corrected chi connectivity index (χ0v) is 11.9. The fraction of sp³-hybridized carbons (Fsp3) is 0.562. The van der Waals surface area contributed by atoms with Crippen LogP contribution in [0.2, 0.25) is 0 Å². The van der Waals surface area contributed by atoms with Crippen molar-refractivity contribution in [2.45, 2.75) is 31.8 Å². The maximum absolute atomic E-state index is 12.2. The van der Waals surface area contributed by atoms with Gasteiger partial charge in [-0.15, -0.1) is 0 Å². The molecule has 1 heterocycles. The molecule has 1 aromatic carbocycles. The van der Waals surface area contributed by atoms with E-state index in [1.54, 1.807) is 0 Å². The van der Waals surface area contributed by atoms with Gasteiger partial charge in [-0.05, 0) is 31.2 Å². The van der Waals surface area contributed by atoms with Crippen molar-refractivity contribution in [3.8, 4) is 0 Å². The van der Waals surface area contributed by atoms with Gasteiger partial charge in [0, 0.05) is 19.7 Å². The van der Waals surface area contributed by atoms with E-state index in [1.807, 2.05) is 30.3 Å². The summed E-state index contributed by atoms with van der Waals surface area (Å²) in [6.07, 6.45) is 4.21. The first kappa shape index (κ1) is 15.0. The monoisotopic (exact) mass is 276 g/mol. The second-order valence-electron chi connectivity index (χ2n) is 5.36. The summed E-state index contributed by atoms with van der Waals surface area (Å²) in [5, 5.41) is 2.98. The van der Waals surface area contributed by atoms with Crippen molar-refractivity contribution >= 4 is 5.91 Å². The van der Waals surface area contributed by atoms with Crippen LogP contribution in [-0.2, 0) is 16.0 Å². The number of amides is 1. The van der Waals surface area contributed by atoms with E-state index in [0.717, 1.165) is 25.0 Å². The van der Waals surface area contributed by atoms with E-state index in [2.05, 4.69) is 5.32 Å². The Labute approximate surface area is 120 Å². The highest BCUT2D eigenvalue weighted by Crippen LogP contribution is 2.12. The van der Waals surface area contributed by atoms with Crippen molar-refractivity contribution < 1.29 is 9.53 Å². The molecule has 2 unspecified atom stereocenters. The lowest BCUT2D eigenvalue weighted by atomic mass is 9.98. The zero-order valence-electron chi connectivity index (χ0n) is 11.9. The van der Waals surface area contributed by atoms with Crippen LogP contribution in [0.1, 0.15) is 24.8 Å². The van der Waals surface area contributed by atoms with E-state index in [-0.39, 0.29) is 17.9 Å². The summed E-state index contributed by atoms with van der Waals surface area (Å²) in [7, 11) is 0. The van der Waals surface area contributed by atoms with Crippen LogP contribution in [-0.4, -0.2) is 31.7 Å². The van der Waals surface area contributed by atoms with Crippen LogP contribution in [0.25, 0.3) is 0 Å². The number of hydrogen-bond acceptors (Lipinski definition) is 3. The van der Waals surface area contributed by atoms with E-state index in [4.69, 9.17) is 10.5 Å². The molecular formula is C16H24N2O2. The highest BCUT2D eigenvalue weighted by atomic mass is 16.5. The van der Waals surface area contributed by atoms with Gasteiger partial charge in [-0.25, -0.2) is 0 Å². The fourth-order valence-corrected chi connectivity index (χ4v) is 2.51. The summed E-state index contributed by atoms with van der Waals surface area (Å²) in [4.78, 5) is 12.2. The highest BCUT2D eigenvalue weighted by molar-refractivity contribution is 5.79. The van der Waals surface area contributed by atoms with Crippen molar-refractivity contribution in [1.29, 1.82) is 0 Å². The molecule has 1 aromatic rings. The summed E-state index contributed by atoms with van der Waals surface area (Å²) in [5.74, 6) is -0.133. The number of ether oxygens (including phenoxy) is 1. The van der Waals surface area contributed by atoms with Gasteiger partial charge in [-0.1, -0.05) is 30.3 Å². The Bertz CT molecular complexity index is 402. The number of rotatable bonds is 6. The maximum Gasteiger partial charge on any atom is 0.224 e. The number of nitrogens with two attached hydrogens (primary N) is 1. The smallest absolute Gasteiger partial charge is 0.224 e. The lowest BCUT2D eigenvalue weighted by molar-refractivity contribution is -0.125. The van der Waals surface area contributed by atoms with Crippen molar-refractivity contribution in [2.75, 3.05) is 19.7 Å². The van der Waals surface area contributed by atoms with Gasteiger partial charge in [-0.2, -0.15) is 0 Å². The van der Waals surface area contributed by atoms with E-state index >= 15 is 0 Å². The minimum absolute atomic E-state index is 0.0329. The number of carbonyl (C=O) groups is 1. The lowest BCUT2D eigenvalue weighted by Crippen LogP contribution is -2.41. The van der Waals surface area contributed by atoms with Crippen LogP contribution in [0.5, 0.6) is 0 Å². The average molecular weight is 276 g/mol. The number of benzene rings is 1. The molecule has 0 spiro atoms. The molecule has 1 saturated heterocycles. The molecule has 4 nitrogen and oxygen atoms in total. The topological polar surface area (TPSA) is 64.4 Å². The van der Waals surface area contributed by atoms with Crippen molar-refractivity contribution in [1.82, 2.24) is 5.32 Å². The molecule has 0 aromatic heterocycles. The van der Waals surface area contributed by atoms with Gasteiger partial charge in [0.15, 0.2) is 0 Å². The van der Waals surface area contributed by atoms with Crippen molar-refractivity contribution in [3.05, 3.63) is 35.9 Å². The molecule has 1 amide bonds. The maximum atomic E-state index is 12.2. The fourth-order valence-electron chi connectivity index (χ4n) is 2.51. The molecule has 2 atom stereocenters. The number of carbonyl (C=O) groups excluding carboxylic acids is 1. The van der Waals surface area contributed by atoms with Crippen LogP contribution in [0, 0.1) is 5.92 Å². The third-order valence-electron chi connectivity index (χ3n) is 3.76. The first-order valence-corrected chi connectivity index (χ1v) is 7.43. The molecule has 0 aliphatic carbocycles. The van der Waals surface area contributed by atoms with Crippen LogP contribution in [0.15, 0.2) is 30.3 Å². The molecule has 4 heteroatoms. The van der Waals surface area contributed by atoms with Crippen LogP contribution < -0.4 is 11.1 Å². The predicted molar refractivity (Wildman–Crippen MR) is 79.3 cm³/mol. The largest absolute Gasteiger partial charge is 0.376 e. The lowest BCUT2D eigenvalue weighted by Gasteiger charge is -2.24. The Hall–Kier alpha value is -1.39. The van der Waals surface area contributed by atoms with Gasteiger partial charge >= 0.3 is 0 Å². The molecule has 20 heavy (non-hydrogen) atoms. The third kappa shape index (κ3) is 4.62. The average Bonchev–Trinajstić information content (AvgIpc) is 2.52. The summed E-state index contributed by atoms with van der Waals surface area (Å²) < 4.78 is 5.61. The van der Waals surface area contributed by atoms with E-state index in [0.29, 0.717) is 19.5 Å². The van der Waals surface area contributed by atoms with Gasteiger partial charge in [0.05, 0.1) is 12.0 Å². The molecule has 0 radical (unpaired) electrons. The molecule has 110 valence electrons. The zero-order chi connectivity index (χ0) is 14.2. The standard InChI is InChI=1S/C16H24N2O2/c17-11-14(10-13-6-2-1-3-7-13)16(19)18-12-15-8-4-5-9-20-15/h1-3,6-7,14-15H,4-5,8-12,17H2,(H,18,19). The Morgan fingerprint density at radius 2 is 2.15 bits per heavy atom. The van der Waals surface area contributed by atoms with Crippen molar-refractivity contribution in [3.63, 3.8) is 0 Å². The summed E-state index contributed by atoms with van der Waals surface area (Å²) in [6.45, 7) is 1.78. The SMILES string of the molecule is NCC(Cc1ccccc1)C(=O)NCC1CCCCO1. The molecule has 1 fully saturated rings. The van der Waals surface area contributed by atoms with E-state index in [1.165, 1.54) is 6.42 Å². The summed E-state index contributed by atoms with van der Waals surface area (Å²) in [5.41, 5.74) is 6.88. The predicted octanol–water partition coefficient (Wildman–Crippen LogP) is 1.49. The molecule has 1 aliphatic heterocycles. The van der Waals surface area contributed by atoms with E-state index in [9.17, 15) is 4.79 Å². The minimum Gasteiger partial charge on any atom is -0.376 e. The number of nitrogens with one attached hydrogen (secondary N) is 1. The van der Waals surface area contributed by atoms with Crippen LogP contribution in [0.3, 0.4) is 0 Å². The Balaban J connectivity index is 1.79. The van der Waals surface area contributed by atoms with Gasteiger partial charge in [0.2, 0.25) is 5.91 Å². The second kappa shape index (κ2) is 8.02. The molecule has 1 aliphatic rings. The number of hydrogen-bond donors (Lipinski definition) is 2. The summed E-state index contributed by atoms with van der Waals surface area (Å²) in [6, 6.07) is 10.00. The first-order valence-electron chi connectivity index (χ1n) is 7.43. The van der Waals surface area contributed by atoms with Gasteiger partial charge in [-0.3, -0.25) is 4.79 Å². The van der Waals surface area contributed by atoms with Gasteiger partial charge < -0.3 is 15.8 Å². The van der Waals surface area contributed by atoms with Gasteiger partial charge in [0.1, 0.15) is 0 Å². The third-order valence-corrected chi connectivity index (χ3v) is 3.76. The Kier molecular flexibility index (Phi) is 6.02. The molecule has 2 rings (SSSR count).